The zero-order chi connectivity index (χ0) is 32.0. The number of thioether (sulfide) groups is 1. The minimum absolute atomic E-state index is 0.00184. The van der Waals surface area contributed by atoms with E-state index in [4.69, 9.17) is 0 Å². The third-order valence-electron chi connectivity index (χ3n) is 7.67. The number of piperazine rings is 1. The average molecular weight is 640 g/mol. The first-order valence-electron chi connectivity index (χ1n) is 14.7. The van der Waals surface area contributed by atoms with Crippen molar-refractivity contribution in [3.05, 3.63) is 107 Å². The summed E-state index contributed by atoms with van der Waals surface area (Å²) in [4.78, 5) is 29.2. The van der Waals surface area contributed by atoms with Crippen molar-refractivity contribution in [3.8, 4) is 5.69 Å². The lowest BCUT2D eigenvalue weighted by Gasteiger charge is -2.40. The summed E-state index contributed by atoms with van der Waals surface area (Å²) in [5.41, 5.74) is 0.835. The molecule has 5 rings (SSSR count). The van der Waals surface area contributed by atoms with Gasteiger partial charge in [-0.1, -0.05) is 54.2 Å². The molecule has 12 heteroatoms. The van der Waals surface area contributed by atoms with Gasteiger partial charge in [0, 0.05) is 49.8 Å². The van der Waals surface area contributed by atoms with E-state index in [-0.39, 0.29) is 23.4 Å². The van der Waals surface area contributed by atoms with Crippen molar-refractivity contribution in [1.29, 1.82) is 0 Å². The van der Waals surface area contributed by atoms with Crippen LogP contribution in [0, 0.1) is 5.82 Å². The van der Waals surface area contributed by atoms with Crippen molar-refractivity contribution in [2.24, 2.45) is 0 Å². The normalized spacial score (nSPS) is 15.4. The summed E-state index contributed by atoms with van der Waals surface area (Å²) in [6.07, 6.45) is -2.43. The number of amides is 2. The molecule has 0 aliphatic carbocycles. The molecule has 0 saturated carbocycles. The number of hydrogen-bond acceptors (Lipinski definition) is 5. The van der Waals surface area contributed by atoms with Crippen LogP contribution in [0.25, 0.3) is 5.69 Å². The molecule has 1 atom stereocenters. The first-order valence-corrected chi connectivity index (χ1v) is 15.7. The number of benzene rings is 3. The Hall–Kier alpha value is -4.19. The van der Waals surface area contributed by atoms with Gasteiger partial charge in [-0.3, -0.25) is 14.2 Å². The summed E-state index contributed by atoms with van der Waals surface area (Å²) in [7, 11) is 0. The van der Waals surface area contributed by atoms with Crippen molar-refractivity contribution < 1.29 is 27.2 Å². The van der Waals surface area contributed by atoms with E-state index in [1.165, 1.54) is 36.0 Å². The fourth-order valence-electron chi connectivity index (χ4n) is 5.34. The Kier molecular flexibility index (Phi) is 10.2. The molecule has 1 saturated heterocycles. The highest BCUT2D eigenvalue weighted by Crippen LogP contribution is 2.32. The minimum atomic E-state index is -4.48. The molecule has 3 aromatic carbocycles. The van der Waals surface area contributed by atoms with Crippen LogP contribution in [0.2, 0.25) is 0 Å². The monoisotopic (exact) mass is 639 g/mol. The van der Waals surface area contributed by atoms with E-state index >= 15 is 0 Å². The van der Waals surface area contributed by atoms with Crippen LogP contribution in [-0.2, 0) is 17.4 Å². The van der Waals surface area contributed by atoms with Gasteiger partial charge in [-0.25, -0.2) is 4.39 Å². The zero-order valence-corrected chi connectivity index (χ0v) is 25.5. The third-order valence-corrected chi connectivity index (χ3v) is 8.68. The molecule has 7 nitrogen and oxygen atoms in total. The Bertz CT molecular complexity index is 1630. The van der Waals surface area contributed by atoms with E-state index in [0.29, 0.717) is 67.7 Å². The molecule has 1 aromatic heterocycles. The molecule has 236 valence electrons. The van der Waals surface area contributed by atoms with Gasteiger partial charge in [-0.2, -0.15) is 13.2 Å². The van der Waals surface area contributed by atoms with Crippen LogP contribution in [-0.4, -0.2) is 67.8 Å². The summed E-state index contributed by atoms with van der Waals surface area (Å²) < 4.78 is 55.8. The van der Waals surface area contributed by atoms with Gasteiger partial charge in [0.1, 0.15) is 11.6 Å². The van der Waals surface area contributed by atoms with Crippen LogP contribution in [0.4, 0.5) is 17.6 Å². The molecule has 2 amide bonds. The van der Waals surface area contributed by atoms with E-state index in [1.807, 2.05) is 37.3 Å². The molecule has 1 aliphatic rings. The van der Waals surface area contributed by atoms with Crippen molar-refractivity contribution in [1.82, 2.24) is 24.6 Å². The number of carbonyl (C=O) groups is 2. The second-order valence-corrected chi connectivity index (χ2v) is 12.0. The quantitative estimate of drug-likeness (QED) is 0.110. The van der Waals surface area contributed by atoms with Gasteiger partial charge in [0.25, 0.3) is 5.91 Å². The topological polar surface area (TPSA) is 71.3 Å². The summed E-state index contributed by atoms with van der Waals surface area (Å²) >= 11 is 1.39. The van der Waals surface area contributed by atoms with Gasteiger partial charge in [0.2, 0.25) is 5.91 Å². The summed E-state index contributed by atoms with van der Waals surface area (Å²) in [6, 6.07) is 20.1. The Balaban J connectivity index is 1.16. The van der Waals surface area contributed by atoms with Crippen LogP contribution in [0.15, 0.2) is 84.0 Å². The fourth-order valence-corrected chi connectivity index (χ4v) is 6.31. The van der Waals surface area contributed by atoms with Crippen LogP contribution in [0.3, 0.4) is 0 Å². The van der Waals surface area contributed by atoms with Gasteiger partial charge in [-0.05, 0) is 61.7 Å². The SMILES string of the molecule is CC1CN(C(=O)CCCCSc2nnc(Cc3ccccc3)n2-c2cccc(C(F)(F)F)c2)CCN1C(=O)c1cccc(F)c1. The molecule has 1 aliphatic heterocycles. The maximum atomic E-state index is 13.6. The Labute approximate surface area is 263 Å². The highest BCUT2D eigenvalue weighted by molar-refractivity contribution is 7.99. The first kappa shape index (κ1) is 32.2. The lowest BCUT2D eigenvalue weighted by molar-refractivity contribution is -0.137. The number of unbranched alkanes of at least 4 members (excludes halogenated alkanes) is 1. The molecule has 4 aromatic rings. The summed E-state index contributed by atoms with van der Waals surface area (Å²) in [5, 5.41) is 9.12. The number of alkyl halides is 3. The number of aromatic nitrogens is 3. The van der Waals surface area contributed by atoms with Crippen LogP contribution in [0.5, 0.6) is 0 Å². The maximum absolute atomic E-state index is 13.6. The van der Waals surface area contributed by atoms with E-state index < -0.39 is 17.6 Å². The molecule has 0 bridgehead atoms. The standard InChI is InChI=1S/C33H33F4N5O2S/c1-23-22-40(16-17-41(23)31(44)25-11-7-13-27(34)20-25)30(43)15-5-6-18-45-32-39-38-29(19-24-9-3-2-4-10-24)42(32)28-14-8-12-26(21-28)33(35,36)37/h2-4,7-14,20-21,23H,5-6,15-19,22H2,1H3. The van der Waals surface area contributed by atoms with Crippen LogP contribution < -0.4 is 0 Å². The lowest BCUT2D eigenvalue weighted by atomic mass is 10.1. The van der Waals surface area contributed by atoms with Crippen molar-refractivity contribution in [2.45, 2.75) is 50.0 Å². The molecule has 0 N–H and O–H groups in total. The van der Waals surface area contributed by atoms with Gasteiger partial charge >= 0.3 is 6.18 Å². The fraction of sp³-hybridized carbons (Fsp3) is 0.333. The van der Waals surface area contributed by atoms with Gasteiger partial charge in [0.05, 0.1) is 11.3 Å². The predicted molar refractivity (Wildman–Crippen MR) is 164 cm³/mol. The van der Waals surface area contributed by atoms with Gasteiger partial charge in [-0.15, -0.1) is 10.2 Å². The highest BCUT2D eigenvalue weighted by atomic mass is 32.2. The minimum Gasteiger partial charge on any atom is -0.339 e. The van der Waals surface area contributed by atoms with Crippen LogP contribution >= 0.6 is 11.8 Å². The summed E-state index contributed by atoms with van der Waals surface area (Å²) in [6.45, 7) is 3.05. The average Bonchev–Trinajstić information content (AvgIpc) is 3.42. The second-order valence-electron chi connectivity index (χ2n) is 10.9. The smallest absolute Gasteiger partial charge is 0.339 e. The van der Waals surface area contributed by atoms with E-state index in [9.17, 15) is 27.2 Å². The number of nitrogens with zero attached hydrogens (tertiary/aromatic N) is 5. The largest absolute Gasteiger partial charge is 0.416 e. The Morgan fingerprint density at radius 1 is 0.933 bits per heavy atom. The van der Waals surface area contributed by atoms with Crippen molar-refractivity contribution in [3.63, 3.8) is 0 Å². The van der Waals surface area contributed by atoms with E-state index in [2.05, 4.69) is 10.2 Å². The highest BCUT2D eigenvalue weighted by Gasteiger charge is 2.32. The number of carbonyl (C=O) groups excluding carboxylic acids is 2. The third kappa shape index (κ3) is 8.10. The number of rotatable bonds is 10. The predicted octanol–water partition coefficient (Wildman–Crippen LogP) is 6.65. The molecule has 45 heavy (non-hydrogen) atoms. The molecular formula is C33H33F4N5O2S. The number of hydrogen-bond donors (Lipinski definition) is 0. The molecule has 1 unspecified atom stereocenters. The van der Waals surface area contributed by atoms with E-state index in [0.717, 1.165) is 17.7 Å². The van der Waals surface area contributed by atoms with E-state index in [1.54, 1.807) is 26.5 Å². The Morgan fingerprint density at radius 2 is 1.71 bits per heavy atom. The molecule has 2 heterocycles. The van der Waals surface area contributed by atoms with Crippen LogP contribution in [0.1, 0.15) is 53.5 Å². The molecule has 0 radical (unpaired) electrons. The van der Waals surface area contributed by atoms with Crippen molar-refractivity contribution >= 4 is 23.6 Å². The van der Waals surface area contributed by atoms with Crippen molar-refractivity contribution in [2.75, 3.05) is 25.4 Å². The molecule has 0 spiro atoms. The lowest BCUT2D eigenvalue weighted by Crippen LogP contribution is -2.55. The maximum Gasteiger partial charge on any atom is 0.416 e. The summed E-state index contributed by atoms with van der Waals surface area (Å²) in [5.74, 6) is 0.409. The second kappa shape index (κ2) is 14.3. The number of halogens is 4. The molecular weight excluding hydrogens is 606 g/mol. The first-order chi connectivity index (χ1) is 21.6. The zero-order valence-electron chi connectivity index (χ0n) is 24.7. The molecule has 1 fully saturated rings. The van der Waals surface area contributed by atoms with Gasteiger partial charge < -0.3 is 9.80 Å². The Morgan fingerprint density at radius 3 is 2.44 bits per heavy atom. The van der Waals surface area contributed by atoms with Gasteiger partial charge in [0.15, 0.2) is 5.16 Å².